The minimum atomic E-state index is -3.09. The molecule has 7 heteroatoms. The molecule has 1 aliphatic heterocycles. The van der Waals surface area contributed by atoms with Crippen molar-refractivity contribution in [2.75, 3.05) is 11.5 Å². The number of hydrogen-bond donors (Lipinski definition) is 0. The quantitative estimate of drug-likeness (QED) is 0.846. The Balaban J connectivity index is 1.89. The number of halogens is 1. The van der Waals surface area contributed by atoms with Crippen LogP contribution in [0.4, 0.5) is 4.39 Å². The average molecular weight is 340 g/mol. The van der Waals surface area contributed by atoms with E-state index in [1.165, 1.54) is 12.3 Å². The summed E-state index contributed by atoms with van der Waals surface area (Å²) in [6, 6.07) is 0.908. The van der Waals surface area contributed by atoms with Gasteiger partial charge in [-0.05, 0) is 25.3 Å². The van der Waals surface area contributed by atoms with E-state index >= 15 is 0 Å². The summed E-state index contributed by atoms with van der Waals surface area (Å²) in [6.07, 6.45) is 7.85. The Hall–Kier alpha value is -1.50. The van der Waals surface area contributed by atoms with Crippen LogP contribution in [0.3, 0.4) is 0 Å². The Morgan fingerprint density at radius 3 is 2.48 bits per heavy atom. The molecule has 2 aliphatic rings. The van der Waals surface area contributed by atoms with Gasteiger partial charge < -0.3 is 4.90 Å². The molecule has 0 aromatic carbocycles. The molecule has 0 spiro atoms. The molecule has 1 saturated heterocycles. The van der Waals surface area contributed by atoms with Gasteiger partial charge in [0.1, 0.15) is 5.82 Å². The zero-order valence-electron chi connectivity index (χ0n) is 12.9. The van der Waals surface area contributed by atoms with Crippen molar-refractivity contribution >= 4 is 15.7 Å². The van der Waals surface area contributed by atoms with Crippen molar-refractivity contribution < 1.29 is 17.6 Å². The summed E-state index contributed by atoms with van der Waals surface area (Å²) in [6.45, 7) is 0. The highest BCUT2D eigenvalue weighted by Crippen LogP contribution is 2.29. The second-order valence-electron chi connectivity index (χ2n) is 6.45. The standard InChI is InChI=1S/C16H21FN2O3S/c17-13-8-12(9-18-10-13)16(20)19(14-4-2-1-3-5-14)15-6-7-23(21,22)11-15/h8-10,14-15H,1-7,11H2. The first-order valence-corrected chi connectivity index (χ1v) is 9.92. The van der Waals surface area contributed by atoms with E-state index in [1.54, 1.807) is 4.90 Å². The highest BCUT2D eigenvalue weighted by atomic mass is 32.2. The van der Waals surface area contributed by atoms with E-state index in [0.29, 0.717) is 6.42 Å². The second kappa shape index (κ2) is 6.55. The van der Waals surface area contributed by atoms with Gasteiger partial charge in [0.05, 0.1) is 23.3 Å². The van der Waals surface area contributed by atoms with Gasteiger partial charge in [-0.3, -0.25) is 9.78 Å². The van der Waals surface area contributed by atoms with Crippen LogP contribution in [0.2, 0.25) is 0 Å². The number of aromatic nitrogens is 1. The van der Waals surface area contributed by atoms with E-state index in [-0.39, 0.29) is 35.1 Å². The van der Waals surface area contributed by atoms with Crippen molar-refractivity contribution in [2.24, 2.45) is 0 Å². The third-order valence-electron chi connectivity index (χ3n) is 4.76. The first-order chi connectivity index (χ1) is 11.0. The largest absolute Gasteiger partial charge is 0.332 e. The average Bonchev–Trinajstić information content (AvgIpc) is 2.88. The van der Waals surface area contributed by atoms with E-state index in [0.717, 1.165) is 38.3 Å². The number of amides is 1. The lowest BCUT2D eigenvalue weighted by molar-refractivity contribution is 0.0541. The maximum Gasteiger partial charge on any atom is 0.256 e. The molecule has 1 amide bonds. The zero-order chi connectivity index (χ0) is 16.4. The molecule has 1 saturated carbocycles. The lowest BCUT2D eigenvalue weighted by Crippen LogP contribution is -2.48. The predicted octanol–water partition coefficient (Wildman–Crippen LogP) is 2.18. The molecule has 126 valence electrons. The van der Waals surface area contributed by atoms with Crippen LogP contribution < -0.4 is 0 Å². The summed E-state index contributed by atoms with van der Waals surface area (Å²) >= 11 is 0. The first-order valence-electron chi connectivity index (χ1n) is 8.10. The number of nitrogens with zero attached hydrogens (tertiary/aromatic N) is 2. The van der Waals surface area contributed by atoms with Gasteiger partial charge in [-0.2, -0.15) is 0 Å². The van der Waals surface area contributed by atoms with E-state index in [4.69, 9.17) is 0 Å². The van der Waals surface area contributed by atoms with Crippen LogP contribution in [0, 0.1) is 5.82 Å². The molecule has 0 bridgehead atoms. The van der Waals surface area contributed by atoms with Crippen LogP contribution in [0.15, 0.2) is 18.5 Å². The van der Waals surface area contributed by atoms with Gasteiger partial charge in [0.15, 0.2) is 9.84 Å². The number of sulfone groups is 1. The highest BCUT2D eigenvalue weighted by Gasteiger charge is 2.38. The van der Waals surface area contributed by atoms with Crippen molar-refractivity contribution in [3.63, 3.8) is 0 Å². The zero-order valence-corrected chi connectivity index (χ0v) is 13.8. The summed E-state index contributed by atoms with van der Waals surface area (Å²) in [4.78, 5) is 18.4. The van der Waals surface area contributed by atoms with Gasteiger partial charge >= 0.3 is 0 Å². The third-order valence-corrected chi connectivity index (χ3v) is 6.51. The normalized spacial score (nSPS) is 24.5. The molecule has 1 aromatic heterocycles. The van der Waals surface area contributed by atoms with E-state index in [2.05, 4.69) is 4.98 Å². The van der Waals surface area contributed by atoms with Crippen molar-refractivity contribution in [3.8, 4) is 0 Å². The van der Waals surface area contributed by atoms with E-state index in [9.17, 15) is 17.6 Å². The monoisotopic (exact) mass is 340 g/mol. The van der Waals surface area contributed by atoms with Crippen LogP contribution in [-0.4, -0.2) is 47.8 Å². The van der Waals surface area contributed by atoms with Crippen LogP contribution in [0.5, 0.6) is 0 Å². The van der Waals surface area contributed by atoms with Gasteiger partial charge in [0, 0.05) is 18.3 Å². The molecule has 0 N–H and O–H groups in total. The summed E-state index contributed by atoms with van der Waals surface area (Å²) in [5, 5.41) is 0. The van der Waals surface area contributed by atoms with Crippen LogP contribution >= 0.6 is 0 Å². The summed E-state index contributed by atoms with van der Waals surface area (Å²) in [5.74, 6) is -0.724. The summed E-state index contributed by atoms with van der Waals surface area (Å²) in [7, 11) is -3.09. The fourth-order valence-electron chi connectivity index (χ4n) is 3.66. The number of carbonyl (C=O) groups is 1. The number of pyridine rings is 1. The van der Waals surface area contributed by atoms with Gasteiger partial charge in [-0.1, -0.05) is 19.3 Å². The molecule has 1 aromatic rings. The molecule has 0 radical (unpaired) electrons. The molecular formula is C16H21FN2O3S. The molecule has 1 unspecified atom stereocenters. The van der Waals surface area contributed by atoms with E-state index in [1.807, 2.05) is 0 Å². The third kappa shape index (κ3) is 3.71. The summed E-state index contributed by atoms with van der Waals surface area (Å²) < 4.78 is 37.1. The second-order valence-corrected chi connectivity index (χ2v) is 8.68. The lowest BCUT2D eigenvalue weighted by atomic mass is 9.92. The maximum atomic E-state index is 13.4. The van der Waals surface area contributed by atoms with Crippen molar-refractivity contribution in [2.45, 2.75) is 50.6 Å². The fourth-order valence-corrected chi connectivity index (χ4v) is 5.37. The van der Waals surface area contributed by atoms with Gasteiger partial charge in [-0.15, -0.1) is 0 Å². The Labute approximate surface area is 135 Å². The van der Waals surface area contributed by atoms with Crippen LogP contribution in [0.25, 0.3) is 0 Å². The smallest absolute Gasteiger partial charge is 0.256 e. The van der Waals surface area contributed by atoms with Gasteiger partial charge in [0.25, 0.3) is 5.91 Å². The topological polar surface area (TPSA) is 67.3 Å². The molecule has 2 fully saturated rings. The Morgan fingerprint density at radius 2 is 1.87 bits per heavy atom. The van der Waals surface area contributed by atoms with E-state index < -0.39 is 15.7 Å². The van der Waals surface area contributed by atoms with Crippen LogP contribution in [-0.2, 0) is 9.84 Å². The Kier molecular flexibility index (Phi) is 4.66. The molecule has 2 heterocycles. The first kappa shape index (κ1) is 16.4. The lowest BCUT2D eigenvalue weighted by Gasteiger charge is -2.38. The maximum absolute atomic E-state index is 13.4. The number of hydrogen-bond acceptors (Lipinski definition) is 4. The Morgan fingerprint density at radius 1 is 1.13 bits per heavy atom. The predicted molar refractivity (Wildman–Crippen MR) is 84.3 cm³/mol. The van der Waals surface area contributed by atoms with Gasteiger partial charge in [-0.25, -0.2) is 12.8 Å². The molecule has 1 aliphatic carbocycles. The SMILES string of the molecule is O=C(c1cncc(F)c1)N(C1CCCCC1)C1CCS(=O)(=O)C1. The number of rotatable bonds is 3. The molecule has 23 heavy (non-hydrogen) atoms. The van der Waals surface area contributed by atoms with Crippen molar-refractivity contribution in [1.29, 1.82) is 0 Å². The number of carbonyl (C=O) groups excluding carboxylic acids is 1. The van der Waals surface area contributed by atoms with Gasteiger partial charge in [0.2, 0.25) is 0 Å². The molecule has 5 nitrogen and oxygen atoms in total. The summed E-state index contributed by atoms with van der Waals surface area (Å²) in [5.41, 5.74) is 0.194. The minimum absolute atomic E-state index is 0.0119. The highest BCUT2D eigenvalue weighted by molar-refractivity contribution is 7.91. The molecular weight excluding hydrogens is 319 g/mol. The Bertz CT molecular complexity index is 686. The van der Waals surface area contributed by atoms with Crippen molar-refractivity contribution in [1.82, 2.24) is 9.88 Å². The molecule has 3 rings (SSSR count). The fraction of sp³-hybridized carbons (Fsp3) is 0.625. The molecule has 1 atom stereocenters. The van der Waals surface area contributed by atoms with Crippen molar-refractivity contribution in [3.05, 3.63) is 29.8 Å². The van der Waals surface area contributed by atoms with Crippen LogP contribution in [0.1, 0.15) is 48.9 Å². The minimum Gasteiger partial charge on any atom is -0.332 e.